The van der Waals surface area contributed by atoms with Crippen LogP contribution < -0.4 is 10.6 Å². The molecule has 3 heterocycles. The maximum atomic E-state index is 12.1. The van der Waals surface area contributed by atoms with Crippen molar-refractivity contribution in [1.82, 2.24) is 25.2 Å². The number of hydrogen-bond donors (Lipinski definition) is 2. The third-order valence-corrected chi connectivity index (χ3v) is 5.08. The third kappa shape index (κ3) is 2.95. The minimum absolute atomic E-state index is 0.0983. The van der Waals surface area contributed by atoms with E-state index in [0.717, 1.165) is 28.2 Å². The maximum Gasteiger partial charge on any atom is 0.252 e. The van der Waals surface area contributed by atoms with Gasteiger partial charge >= 0.3 is 0 Å². The van der Waals surface area contributed by atoms with E-state index in [1.807, 2.05) is 36.4 Å². The smallest absolute Gasteiger partial charge is 0.252 e. The first kappa shape index (κ1) is 17.2. The lowest BCUT2D eigenvalue weighted by molar-refractivity contribution is -0.120. The summed E-state index contributed by atoms with van der Waals surface area (Å²) in [7, 11) is 0. The van der Waals surface area contributed by atoms with E-state index in [9.17, 15) is 4.79 Å². The number of carbonyl (C=O) groups is 1. The van der Waals surface area contributed by atoms with E-state index < -0.39 is 6.04 Å². The molecule has 2 aromatic carbocycles. The number of fused-ring (bicyclic) bond motifs is 1. The van der Waals surface area contributed by atoms with Crippen molar-refractivity contribution >= 4 is 17.1 Å². The summed E-state index contributed by atoms with van der Waals surface area (Å²) in [6.45, 7) is 5.83. The molecule has 142 valence electrons. The van der Waals surface area contributed by atoms with E-state index >= 15 is 0 Å². The lowest BCUT2D eigenvalue weighted by atomic mass is 10.0. The van der Waals surface area contributed by atoms with E-state index in [0.29, 0.717) is 11.5 Å². The number of hydrogen-bond acceptors (Lipinski definition) is 4. The average Bonchev–Trinajstić information content (AvgIpc) is 3.28. The van der Waals surface area contributed by atoms with Gasteiger partial charge in [0.1, 0.15) is 11.9 Å². The number of benzene rings is 2. The minimum Gasteiger partial charge on any atom is -0.357 e. The van der Waals surface area contributed by atoms with Crippen LogP contribution in [-0.4, -0.2) is 20.4 Å². The van der Waals surface area contributed by atoms with Crippen molar-refractivity contribution in [1.29, 1.82) is 0 Å². The number of aryl methyl sites for hydroxylation is 1. The largest absolute Gasteiger partial charge is 0.357 e. The van der Waals surface area contributed by atoms with E-state index in [-0.39, 0.29) is 5.91 Å². The number of pyridine rings is 1. The van der Waals surface area contributed by atoms with Crippen LogP contribution in [0, 0.1) is 6.92 Å². The minimum atomic E-state index is -0.422. The number of nitrogens with one attached hydrogen (secondary N) is 2. The van der Waals surface area contributed by atoms with Crippen LogP contribution in [-0.2, 0) is 4.79 Å². The Hall–Kier alpha value is -3.93. The molecule has 1 atom stereocenters. The van der Waals surface area contributed by atoms with Gasteiger partial charge in [0.05, 0.1) is 11.3 Å². The van der Waals surface area contributed by atoms with Crippen LogP contribution in [0.5, 0.6) is 0 Å². The first-order valence-corrected chi connectivity index (χ1v) is 9.37. The molecule has 29 heavy (non-hydrogen) atoms. The molecule has 1 fully saturated rings. The van der Waals surface area contributed by atoms with Crippen molar-refractivity contribution in [3.05, 3.63) is 90.4 Å². The van der Waals surface area contributed by atoms with Gasteiger partial charge in [-0.05, 0) is 36.8 Å². The van der Waals surface area contributed by atoms with Crippen LogP contribution in [0.15, 0.2) is 79.3 Å². The van der Waals surface area contributed by atoms with Gasteiger partial charge in [0.15, 0.2) is 5.65 Å². The van der Waals surface area contributed by atoms with Crippen LogP contribution in [0.1, 0.15) is 17.2 Å². The molecule has 1 aliphatic heterocycles. The summed E-state index contributed by atoms with van der Waals surface area (Å²) in [4.78, 5) is 21.3. The molecule has 1 saturated heterocycles. The van der Waals surface area contributed by atoms with Crippen LogP contribution >= 0.6 is 0 Å². The van der Waals surface area contributed by atoms with Crippen LogP contribution in [0.4, 0.5) is 0 Å². The zero-order valence-corrected chi connectivity index (χ0v) is 15.9. The number of rotatable bonds is 3. The van der Waals surface area contributed by atoms with Crippen LogP contribution in [0.25, 0.3) is 28.2 Å². The van der Waals surface area contributed by atoms with Gasteiger partial charge in [-0.25, -0.2) is 9.97 Å². The maximum absolute atomic E-state index is 12.1. The molecule has 0 bridgehead atoms. The summed E-state index contributed by atoms with van der Waals surface area (Å²) < 4.78 is 2.11. The molecular weight excluding hydrogens is 362 g/mol. The highest BCUT2D eigenvalue weighted by atomic mass is 16.2. The average molecular weight is 381 g/mol. The summed E-state index contributed by atoms with van der Waals surface area (Å²) in [6, 6.07) is 19.7. The molecule has 0 radical (unpaired) electrons. The van der Waals surface area contributed by atoms with E-state index in [2.05, 4.69) is 58.0 Å². The molecule has 2 N–H and O–H groups in total. The summed E-state index contributed by atoms with van der Waals surface area (Å²) >= 11 is 0. The van der Waals surface area contributed by atoms with Gasteiger partial charge in [-0.1, -0.05) is 48.5 Å². The van der Waals surface area contributed by atoms with E-state index in [4.69, 9.17) is 4.98 Å². The molecule has 4 aromatic rings. The van der Waals surface area contributed by atoms with Crippen molar-refractivity contribution < 1.29 is 4.79 Å². The molecule has 1 unspecified atom stereocenters. The van der Waals surface area contributed by atoms with Crippen molar-refractivity contribution in [2.45, 2.75) is 13.0 Å². The van der Waals surface area contributed by atoms with E-state index in [1.54, 1.807) is 6.20 Å². The summed E-state index contributed by atoms with van der Waals surface area (Å²) in [5, 5.41) is 5.75. The Morgan fingerprint density at radius 3 is 2.48 bits per heavy atom. The standard InChI is InChI=1S/C23H19N5O/c1-14-5-11-18(12-6-14)28-19-4-3-13-24-21(19)27-22(28)17-9-7-16(8-10-17)20-23(29)26-15(2)25-20/h3-13,20,25H,2H2,1H3,(H,26,29). The molecule has 1 amide bonds. The molecule has 0 spiro atoms. The van der Waals surface area contributed by atoms with Gasteiger partial charge in [-0.15, -0.1) is 0 Å². The van der Waals surface area contributed by atoms with Gasteiger partial charge < -0.3 is 10.6 Å². The fourth-order valence-electron chi connectivity index (χ4n) is 3.62. The predicted octanol–water partition coefficient (Wildman–Crippen LogP) is 3.63. The zero-order chi connectivity index (χ0) is 20.0. The lowest BCUT2D eigenvalue weighted by Crippen LogP contribution is -2.19. The fraction of sp³-hybridized carbons (Fsp3) is 0.0870. The molecular formula is C23H19N5O. The number of amides is 1. The second kappa shape index (κ2) is 6.60. The highest BCUT2D eigenvalue weighted by molar-refractivity contribution is 5.87. The van der Waals surface area contributed by atoms with Crippen molar-refractivity contribution in [2.75, 3.05) is 0 Å². The zero-order valence-electron chi connectivity index (χ0n) is 15.9. The van der Waals surface area contributed by atoms with Crippen LogP contribution in [0.2, 0.25) is 0 Å². The Kier molecular flexibility index (Phi) is 3.91. The normalized spacial score (nSPS) is 16.1. The molecule has 1 aliphatic rings. The van der Waals surface area contributed by atoms with Gasteiger partial charge in [-0.2, -0.15) is 0 Å². The van der Waals surface area contributed by atoms with Crippen molar-refractivity contribution in [2.24, 2.45) is 0 Å². The first-order chi connectivity index (χ1) is 14.1. The molecule has 6 heteroatoms. The highest BCUT2D eigenvalue weighted by Crippen LogP contribution is 2.29. The lowest BCUT2D eigenvalue weighted by Gasteiger charge is -2.12. The summed E-state index contributed by atoms with van der Waals surface area (Å²) in [5.41, 5.74) is 5.69. The highest BCUT2D eigenvalue weighted by Gasteiger charge is 2.27. The van der Waals surface area contributed by atoms with Gasteiger partial charge in [-0.3, -0.25) is 9.36 Å². The fourth-order valence-corrected chi connectivity index (χ4v) is 3.62. The number of imidazole rings is 1. The molecule has 6 nitrogen and oxygen atoms in total. The Balaban J connectivity index is 1.62. The van der Waals surface area contributed by atoms with E-state index in [1.165, 1.54) is 5.56 Å². The summed E-state index contributed by atoms with van der Waals surface area (Å²) in [5.74, 6) is 1.23. The molecule has 0 aliphatic carbocycles. The monoisotopic (exact) mass is 381 g/mol. The Bertz CT molecular complexity index is 1240. The molecule has 5 rings (SSSR count). The Labute approximate surface area is 167 Å². The van der Waals surface area contributed by atoms with Gasteiger partial charge in [0.2, 0.25) is 0 Å². The second-order valence-corrected chi connectivity index (χ2v) is 7.12. The van der Waals surface area contributed by atoms with Crippen molar-refractivity contribution in [3.63, 3.8) is 0 Å². The van der Waals surface area contributed by atoms with Gasteiger partial charge in [0.25, 0.3) is 5.91 Å². The predicted molar refractivity (Wildman–Crippen MR) is 112 cm³/mol. The third-order valence-electron chi connectivity index (χ3n) is 5.08. The van der Waals surface area contributed by atoms with Crippen LogP contribution in [0.3, 0.4) is 0 Å². The molecule has 0 saturated carbocycles. The first-order valence-electron chi connectivity index (χ1n) is 9.37. The second-order valence-electron chi connectivity index (χ2n) is 7.12. The summed E-state index contributed by atoms with van der Waals surface area (Å²) in [6.07, 6.45) is 1.75. The topological polar surface area (TPSA) is 71.8 Å². The van der Waals surface area contributed by atoms with Crippen molar-refractivity contribution in [3.8, 4) is 17.1 Å². The number of carbonyl (C=O) groups excluding carboxylic acids is 1. The quantitative estimate of drug-likeness (QED) is 0.568. The Morgan fingerprint density at radius 1 is 1.03 bits per heavy atom. The number of nitrogens with zero attached hydrogens (tertiary/aromatic N) is 3. The SMILES string of the molecule is C=C1NC(=O)C(c2ccc(-c3nc4ncccc4n3-c3ccc(C)cc3)cc2)N1. The molecule has 2 aromatic heterocycles. The Morgan fingerprint density at radius 2 is 1.79 bits per heavy atom. The number of aromatic nitrogens is 3. The van der Waals surface area contributed by atoms with Gasteiger partial charge in [0, 0.05) is 17.4 Å².